The summed E-state index contributed by atoms with van der Waals surface area (Å²) in [7, 11) is 2.05. The molecule has 3 fully saturated rings. The lowest BCUT2D eigenvalue weighted by molar-refractivity contribution is -0.106. The number of fused-ring (bicyclic) bond motifs is 5. The zero-order valence-corrected chi connectivity index (χ0v) is 20.9. The Morgan fingerprint density at radius 2 is 2.03 bits per heavy atom. The molecule has 0 amide bonds. The molecule has 4 nitrogen and oxygen atoms in total. The smallest absolute Gasteiger partial charge is 0.199 e. The predicted octanol–water partition coefficient (Wildman–Crippen LogP) is 5.81. The van der Waals surface area contributed by atoms with E-state index in [1.165, 1.54) is 63.4 Å². The Labute approximate surface area is 200 Å². The van der Waals surface area contributed by atoms with E-state index in [2.05, 4.69) is 37.5 Å². The van der Waals surface area contributed by atoms with Crippen molar-refractivity contribution in [2.24, 2.45) is 23.2 Å². The van der Waals surface area contributed by atoms with Gasteiger partial charge in [-0.1, -0.05) is 25.8 Å². The highest BCUT2D eigenvalue weighted by Gasteiger charge is 2.56. The molecule has 7 atom stereocenters. The average Bonchev–Trinajstić information content (AvgIpc) is 3.13. The van der Waals surface area contributed by atoms with E-state index in [9.17, 15) is 5.11 Å². The fourth-order valence-electron chi connectivity index (χ4n) is 7.94. The molecule has 1 saturated heterocycles. The van der Waals surface area contributed by atoms with Gasteiger partial charge in [0.1, 0.15) is 5.75 Å². The van der Waals surface area contributed by atoms with Crippen molar-refractivity contribution in [2.75, 3.05) is 20.2 Å². The lowest BCUT2D eigenvalue weighted by Crippen LogP contribution is -2.47. The highest BCUT2D eigenvalue weighted by molar-refractivity contribution is 5.41. The molecular weight excluding hydrogens is 410 g/mol. The number of rotatable bonds is 8. The minimum Gasteiger partial charge on any atom is -0.465 e. The number of aliphatic hydroxyl groups excluding tert-OH is 1. The molecule has 33 heavy (non-hydrogen) atoms. The Hall–Kier alpha value is -1.10. The van der Waals surface area contributed by atoms with Gasteiger partial charge in [-0.3, -0.25) is 0 Å². The van der Waals surface area contributed by atoms with Crippen molar-refractivity contribution in [2.45, 2.75) is 102 Å². The molecule has 0 spiro atoms. The van der Waals surface area contributed by atoms with Crippen molar-refractivity contribution in [3.05, 3.63) is 29.3 Å². The van der Waals surface area contributed by atoms with Gasteiger partial charge in [-0.15, -0.1) is 0 Å². The number of ether oxygens (including phenoxy) is 2. The van der Waals surface area contributed by atoms with Crippen LogP contribution in [0, 0.1) is 23.2 Å². The molecule has 0 radical (unpaired) electrons. The van der Waals surface area contributed by atoms with Gasteiger partial charge in [0.05, 0.1) is 12.7 Å². The molecule has 3 aliphatic carbocycles. The summed E-state index contributed by atoms with van der Waals surface area (Å²) >= 11 is 0. The molecule has 1 aromatic rings. The molecule has 1 unspecified atom stereocenters. The molecule has 2 N–H and O–H groups in total. The van der Waals surface area contributed by atoms with E-state index in [-0.39, 0.29) is 17.8 Å². The van der Waals surface area contributed by atoms with E-state index in [0.717, 1.165) is 50.0 Å². The van der Waals surface area contributed by atoms with E-state index in [0.29, 0.717) is 11.8 Å². The van der Waals surface area contributed by atoms with Crippen LogP contribution in [0.15, 0.2) is 18.2 Å². The molecule has 2 saturated carbocycles. The third-order valence-corrected chi connectivity index (χ3v) is 9.73. The van der Waals surface area contributed by atoms with Gasteiger partial charge in [0.25, 0.3) is 0 Å². The minimum absolute atomic E-state index is 0.0773. The summed E-state index contributed by atoms with van der Waals surface area (Å²) in [5, 5.41) is 14.2. The van der Waals surface area contributed by atoms with Crippen LogP contribution in [0.25, 0.3) is 0 Å². The number of aliphatic hydroxyl groups is 1. The lowest BCUT2D eigenvalue weighted by Gasteiger charge is -2.53. The van der Waals surface area contributed by atoms with Gasteiger partial charge in [-0.05, 0) is 124 Å². The fourth-order valence-corrected chi connectivity index (χ4v) is 7.94. The molecule has 4 heteroatoms. The van der Waals surface area contributed by atoms with Crippen LogP contribution in [0.1, 0.15) is 94.6 Å². The van der Waals surface area contributed by atoms with Gasteiger partial charge in [-0.2, -0.15) is 0 Å². The quantitative estimate of drug-likeness (QED) is 0.485. The third kappa shape index (κ3) is 4.73. The first-order chi connectivity index (χ1) is 16.1. The van der Waals surface area contributed by atoms with Crippen molar-refractivity contribution in [3.63, 3.8) is 0 Å². The number of hydrogen-bond donors (Lipinski definition) is 2. The molecule has 4 aliphatic rings. The van der Waals surface area contributed by atoms with E-state index < -0.39 is 0 Å². The molecule has 184 valence electrons. The molecule has 5 rings (SSSR count). The molecule has 0 bridgehead atoms. The zero-order chi connectivity index (χ0) is 22.8. The van der Waals surface area contributed by atoms with Gasteiger partial charge >= 0.3 is 0 Å². The van der Waals surface area contributed by atoms with E-state index in [1.807, 2.05) is 0 Å². The Kier molecular flexibility index (Phi) is 7.34. The minimum atomic E-state index is -0.104. The summed E-state index contributed by atoms with van der Waals surface area (Å²) in [4.78, 5) is 0. The summed E-state index contributed by atoms with van der Waals surface area (Å²) in [6, 6.07) is 6.92. The van der Waals surface area contributed by atoms with Crippen LogP contribution in [0.2, 0.25) is 0 Å². The van der Waals surface area contributed by atoms with Crippen molar-refractivity contribution in [1.82, 2.24) is 5.32 Å². The number of nitrogens with one attached hydrogen (secondary N) is 1. The second kappa shape index (κ2) is 10.3. The van der Waals surface area contributed by atoms with Crippen molar-refractivity contribution < 1.29 is 14.6 Å². The number of benzene rings is 1. The second-order valence-electron chi connectivity index (χ2n) is 11.6. The maximum atomic E-state index is 10.9. The first kappa shape index (κ1) is 23.6. The monoisotopic (exact) mass is 455 g/mol. The largest absolute Gasteiger partial charge is 0.465 e. The standard InChI is InChI=1S/C29H45NO3/c1-29-15-14-24-23-11-10-22(33-27-9-5-7-17-32-27)19-21(23)18-20(8-4-3-6-16-30-2)28(24)25(29)12-13-26(29)31/h10-11,19-20,24-28,30-31H,3-9,12-18H2,1-2H3/t20-,24-,25+,26+,27?,28-,29+/m1/s1. The first-order valence-electron chi connectivity index (χ1n) is 13.8. The molecule has 1 aromatic carbocycles. The zero-order valence-electron chi connectivity index (χ0n) is 20.9. The van der Waals surface area contributed by atoms with Gasteiger partial charge < -0.3 is 19.9 Å². The van der Waals surface area contributed by atoms with Crippen LogP contribution >= 0.6 is 0 Å². The summed E-state index contributed by atoms with van der Waals surface area (Å²) < 4.78 is 12.1. The summed E-state index contributed by atoms with van der Waals surface area (Å²) in [6.07, 6.45) is 14.2. The number of unbranched alkanes of at least 4 members (excludes halogenated alkanes) is 2. The maximum Gasteiger partial charge on any atom is 0.199 e. The van der Waals surface area contributed by atoms with Crippen LogP contribution in [0.4, 0.5) is 0 Å². The van der Waals surface area contributed by atoms with Crippen molar-refractivity contribution in [3.8, 4) is 5.75 Å². The Balaban J connectivity index is 1.37. The van der Waals surface area contributed by atoms with Crippen LogP contribution in [0.5, 0.6) is 5.75 Å². The second-order valence-corrected chi connectivity index (χ2v) is 11.6. The summed E-state index contributed by atoms with van der Waals surface area (Å²) in [5.41, 5.74) is 3.23. The van der Waals surface area contributed by atoms with Crippen molar-refractivity contribution >= 4 is 0 Å². The predicted molar refractivity (Wildman–Crippen MR) is 133 cm³/mol. The number of hydrogen-bond acceptors (Lipinski definition) is 4. The average molecular weight is 456 g/mol. The molecule has 1 aliphatic heterocycles. The van der Waals surface area contributed by atoms with E-state index >= 15 is 0 Å². The van der Waals surface area contributed by atoms with Gasteiger partial charge in [0.15, 0.2) is 6.29 Å². The van der Waals surface area contributed by atoms with E-state index in [4.69, 9.17) is 9.47 Å². The first-order valence-corrected chi connectivity index (χ1v) is 13.8. The van der Waals surface area contributed by atoms with Gasteiger partial charge in [0.2, 0.25) is 0 Å². The highest BCUT2D eigenvalue weighted by Crippen LogP contribution is 2.62. The highest BCUT2D eigenvalue weighted by atomic mass is 16.7. The third-order valence-electron chi connectivity index (χ3n) is 9.73. The normalized spacial score (nSPS) is 37.8. The van der Waals surface area contributed by atoms with Gasteiger partial charge in [-0.25, -0.2) is 0 Å². The summed E-state index contributed by atoms with van der Waals surface area (Å²) in [5.74, 6) is 3.77. The topological polar surface area (TPSA) is 50.7 Å². The van der Waals surface area contributed by atoms with E-state index in [1.54, 1.807) is 5.56 Å². The van der Waals surface area contributed by atoms with Gasteiger partial charge in [0, 0.05) is 6.42 Å². The molecular formula is C29H45NO3. The van der Waals surface area contributed by atoms with Crippen LogP contribution < -0.4 is 10.1 Å². The van der Waals surface area contributed by atoms with Crippen LogP contribution in [0.3, 0.4) is 0 Å². The van der Waals surface area contributed by atoms with Crippen molar-refractivity contribution in [1.29, 1.82) is 0 Å². The molecule has 1 heterocycles. The Morgan fingerprint density at radius 3 is 2.85 bits per heavy atom. The maximum absolute atomic E-state index is 10.9. The Morgan fingerprint density at radius 1 is 1.12 bits per heavy atom. The molecule has 0 aromatic heterocycles. The fraction of sp³-hybridized carbons (Fsp3) is 0.793. The van der Waals surface area contributed by atoms with Crippen LogP contribution in [-0.4, -0.2) is 37.7 Å². The van der Waals surface area contributed by atoms with Crippen LogP contribution in [-0.2, 0) is 11.2 Å². The Bertz CT molecular complexity index is 791. The SMILES string of the molecule is CNCCCCC[C@@H]1Cc2cc(OC3CCCCO3)ccc2[C@H]2CC[C@]3(C)[C@@H](O)CC[C@H]3[C@H]12. The summed E-state index contributed by atoms with van der Waals surface area (Å²) in [6.45, 7) is 4.34. The lowest BCUT2D eigenvalue weighted by atomic mass is 9.52.